The largest absolute Gasteiger partial charge is 0.384 e. The van der Waals surface area contributed by atoms with Gasteiger partial charge < -0.3 is 5.32 Å². The van der Waals surface area contributed by atoms with Crippen molar-refractivity contribution in [3.05, 3.63) is 56.2 Å². The van der Waals surface area contributed by atoms with Gasteiger partial charge in [-0.05, 0) is 19.4 Å². The number of anilines is 1. The number of rotatable bonds is 6. The molecule has 3 rings (SSSR count). The van der Waals surface area contributed by atoms with Crippen LogP contribution in [0.25, 0.3) is 10.9 Å². The van der Waals surface area contributed by atoms with E-state index in [0.717, 1.165) is 40.3 Å². The topological polar surface area (TPSA) is 81.0 Å². The molecule has 3 aromatic rings. The van der Waals surface area contributed by atoms with Gasteiger partial charge in [-0.3, -0.25) is 10.1 Å². The van der Waals surface area contributed by atoms with Crippen molar-refractivity contribution in [1.29, 1.82) is 0 Å². The van der Waals surface area contributed by atoms with Crippen LogP contribution in [0.1, 0.15) is 23.3 Å². The van der Waals surface area contributed by atoms with Crippen molar-refractivity contribution in [2.45, 2.75) is 26.7 Å². The molecule has 24 heavy (non-hydrogen) atoms. The number of nitro benzene ring substituents is 1. The van der Waals surface area contributed by atoms with Crippen LogP contribution in [0.4, 0.5) is 11.4 Å². The SMILES string of the molecule is CCc1nc(CCNc2cc(C)nc3c([N+](=O)[O-])cccc23)cs1. The number of pyridine rings is 1. The van der Waals surface area contributed by atoms with Gasteiger partial charge >= 0.3 is 0 Å². The Morgan fingerprint density at radius 3 is 2.88 bits per heavy atom. The molecule has 0 atom stereocenters. The van der Waals surface area contributed by atoms with Gasteiger partial charge in [0.1, 0.15) is 0 Å². The molecule has 7 heteroatoms. The second kappa shape index (κ2) is 6.92. The molecule has 0 aliphatic rings. The summed E-state index contributed by atoms with van der Waals surface area (Å²) in [4.78, 5) is 19.7. The molecule has 1 aromatic carbocycles. The van der Waals surface area contributed by atoms with Crippen molar-refractivity contribution in [3.63, 3.8) is 0 Å². The van der Waals surface area contributed by atoms with Crippen LogP contribution in [-0.4, -0.2) is 21.4 Å². The summed E-state index contributed by atoms with van der Waals surface area (Å²) in [7, 11) is 0. The summed E-state index contributed by atoms with van der Waals surface area (Å²) in [6, 6.07) is 6.95. The Balaban J connectivity index is 1.83. The summed E-state index contributed by atoms with van der Waals surface area (Å²) in [6.07, 6.45) is 1.77. The maximum absolute atomic E-state index is 11.2. The van der Waals surface area contributed by atoms with Crippen LogP contribution < -0.4 is 5.32 Å². The molecule has 1 N–H and O–H groups in total. The van der Waals surface area contributed by atoms with Crippen LogP contribution in [0, 0.1) is 17.0 Å². The minimum atomic E-state index is -0.389. The Kier molecular flexibility index (Phi) is 4.71. The smallest absolute Gasteiger partial charge is 0.295 e. The van der Waals surface area contributed by atoms with Crippen molar-refractivity contribution in [2.24, 2.45) is 0 Å². The van der Waals surface area contributed by atoms with Crippen LogP contribution in [0.5, 0.6) is 0 Å². The van der Waals surface area contributed by atoms with Gasteiger partial charge in [-0.1, -0.05) is 19.1 Å². The Hall–Kier alpha value is -2.54. The highest BCUT2D eigenvalue weighted by atomic mass is 32.1. The summed E-state index contributed by atoms with van der Waals surface area (Å²) < 4.78 is 0. The maximum atomic E-state index is 11.2. The number of nitro groups is 1. The lowest BCUT2D eigenvalue weighted by atomic mass is 10.1. The molecule has 0 saturated heterocycles. The van der Waals surface area contributed by atoms with Crippen LogP contribution in [0.2, 0.25) is 0 Å². The Morgan fingerprint density at radius 1 is 1.33 bits per heavy atom. The third-order valence-corrected chi connectivity index (χ3v) is 4.78. The Morgan fingerprint density at radius 2 is 2.17 bits per heavy atom. The van der Waals surface area contributed by atoms with E-state index in [4.69, 9.17) is 0 Å². The van der Waals surface area contributed by atoms with Crippen molar-refractivity contribution in [3.8, 4) is 0 Å². The summed E-state index contributed by atoms with van der Waals surface area (Å²) in [5.41, 5.74) is 3.15. The second-order valence-electron chi connectivity index (χ2n) is 5.50. The van der Waals surface area contributed by atoms with E-state index in [1.54, 1.807) is 17.4 Å². The average molecular weight is 342 g/mol. The third-order valence-electron chi connectivity index (χ3n) is 3.74. The molecule has 2 heterocycles. The second-order valence-corrected chi connectivity index (χ2v) is 6.45. The van der Waals surface area contributed by atoms with E-state index in [-0.39, 0.29) is 10.6 Å². The molecule has 0 spiro atoms. The van der Waals surface area contributed by atoms with Gasteiger partial charge in [0.05, 0.1) is 15.6 Å². The summed E-state index contributed by atoms with van der Waals surface area (Å²) in [5, 5.41) is 18.6. The van der Waals surface area contributed by atoms with Crippen LogP contribution in [0.15, 0.2) is 29.6 Å². The van der Waals surface area contributed by atoms with E-state index in [9.17, 15) is 10.1 Å². The van der Waals surface area contributed by atoms with Gasteiger partial charge in [0.15, 0.2) is 5.52 Å². The van der Waals surface area contributed by atoms with E-state index in [1.807, 2.05) is 19.1 Å². The molecule has 0 unspecified atom stereocenters. The minimum Gasteiger partial charge on any atom is -0.384 e. The number of benzene rings is 1. The maximum Gasteiger partial charge on any atom is 0.295 e. The number of para-hydroxylation sites is 1. The van der Waals surface area contributed by atoms with Crippen molar-refractivity contribution < 1.29 is 4.92 Å². The predicted molar refractivity (Wildman–Crippen MR) is 96.8 cm³/mol. The van der Waals surface area contributed by atoms with Crippen LogP contribution in [0.3, 0.4) is 0 Å². The number of fused-ring (bicyclic) bond motifs is 1. The van der Waals surface area contributed by atoms with Crippen molar-refractivity contribution >= 4 is 33.6 Å². The highest BCUT2D eigenvalue weighted by molar-refractivity contribution is 7.09. The number of hydrogen-bond donors (Lipinski definition) is 1. The lowest BCUT2D eigenvalue weighted by Gasteiger charge is -2.10. The van der Waals surface area contributed by atoms with E-state index in [0.29, 0.717) is 12.1 Å². The molecule has 0 radical (unpaired) electrons. The molecule has 0 saturated carbocycles. The predicted octanol–water partition coefficient (Wildman–Crippen LogP) is 4.12. The number of nitrogens with zero attached hydrogens (tertiary/aromatic N) is 3. The molecule has 6 nitrogen and oxygen atoms in total. The molecule has 2 aromatic heterocycles. The zero-order valence-corrected chi connectivity index (χ0v) is 14.4. The number of hydrogen-bond acceptors (Lipinski definition) is 6. The molecule has 124 valence electrons. The van der Waals surface area contributed by atoms with E-state index in [1.165, 1.54) is 6.07 Å². The fraction of sp³-hybridized carbons (Fsp3) is 0.294. The van der Waals surface area contributed by atoms with Gasteiger partial charge in [-0.25, -0.2) is 9.97 Å². The van der Waals surface area contributed by atoms with E-state index < -0.39 is 0 Å². The Bertz CT molecular complexity index is 891. The number of non-ortho nitro benzene ring substituents is 1. The van der Waals surface area contributed by atoms with Gasteiger partial charge in [-0.2, -0.15) is 0 Å². The normalized spacial score (nSPS) is 10.9. The number of thiazole rings is 1. The minimum absolute atomic E-state index is 0.0336. The molecular formula is C17H18N4O2S. The lowest BCUT2D eigenvalue weighted by molar-refractivity contribution is -0.383. The molecule has 0 aliphatic heterocycles. The van der Waals surface area contributed by atoms with Crippen molar-refractivity contribution in [2.75, 3.05) is 11.9 Å². The van der Waals surface area contributed by atoms with Gasteiger partial charge in [-0.15, -0.1) is 11.3 Å². The number of aromatic nitrogens is 2. The molecule has 0 amide bonds. The van der Waals surface area contributed by atoms with Crippen molar-refractivity contribution in [1.82, 2.24) is 9.97 Å². The highest BCUT2D eigenvalue weighted by Crippen LogP contribution is 2.29. The monoisotopic (exact) mass is 342 g/mol. The first-order chi connectivity index (χ1) is 11.6. The average Bonchev–Trinajstić information content (AvgIpc) is 3.02. The first-order valence-electron chi connectivity index (χ1n) is 7.80. The van der Waals surface area contributed by atoms with Gasteiger partial charge in [0.25, 0.3) is 5.69 Å². The Labute approximate surface area is 143 Å². The summed E-state index contributed by atoms with van der Waals surface area (Å²) in [5.74, 6) is 0. The fourth-order valence-electron chi connectivity index (χ4n) is 2.61. The molecule has 0 bridgehead atoms. The summed E-state index contributed by atoms with van der Waals surface area (Å²) in [6.45, 7) is 4.66. The molecule has 0 fully saturated rings. The quantitative estimate of drug-likeness (QED) is 0.538. The fourth-order valence-corrected chi connectivity index (χ4v) is 3.39. The van der Waals surface area contributed by atoms with E-state index in [2.05, 4.69) is 27.6 Å². The number of nitrogens with one attached hydrogen (secondary N) is 1. The standard InChI is InChI=1S/C17H18N4O2S/c1-3-16-20-12(10-24-16)7-8-18-14-9-11(2)19-17-13(14)5-4-6-15(17)21(22)23/h4-6,9-10H,3,7-8H2,1-2H3,(H,18,19). The first-order valence-corrected chi connectivity index (χ1v) is 8.68. The zero-order valence-electron chi connectivity index (χ0n) is 13.6. The van der Waals surface area contributed by atoms with Gasteiger partial charge in [0, 0.05) is 41.2 Å². The lowest BCUT2D eigenvalue weighted by Crippen LogP contribution is -2.07. The summed E-state index contributed by atoms with van der Waals surface area (Å²) >= 11 is 1.68. The van der Waals surface area contributed by atoms with Crippen LogP contribution in [-0.2, 0) is 12.8 Å². The first kappa shape index (κ1) is 16.3. The van der Waals surface area contributed by atoms with Gasteiger partial charge in [0.2, 0.25) is 0 Å². The number of aryl methyl sites for hydroxylation is 2. The highest BCUT2D eigenvalue weighted by Gasteiger charge is 2.15. The van der Waals surface area contributed by atoms with Crippen LogP contribution >= 0.6 is 11.3 Å². The zero-order chi connectivity index (χ0) is 17.1. The third kappa shape index (κ3) is 3.35. The molecule has 0 aliphatic carbocycles. The van der Waals surface area contributed by atoms with E-state index >= 15 is 0 Å². The molecular weight excluding hydrogens is 324 g/mol.